The molecule has 0 spiro atoms. The number of amides is 1. The van der Waals surface area contributed by atoms with Gasteiger partial charge in [0.05, 0.1) is 24.7 Å². The highest BCUT2D eigenvalue weighted by molar-refractivity contribution is 6.02. The maximum Gasteiger partial charge on any atom is 0.338 e. The summed E-state index contributed by atoms with van der Waals surface area (Å²) in [5.41, 5.74) is 1.50. The number of carbonyl (C=O) groups is 2. The van der Waals surface area contributed by atoms with Gasteiger partial charge in [-0.25, -0.2) is 4.79 Å². The molecular weight excluding hydrogens is 318 g/mol. The van der Waals surface area contributed by atoms with Crippen LogP contribution in [0, 0.1) is 0 Å². The summed E-state index contributed by atoms with van der Waals surface area (Å²) >= 11 is 0. The highest BCUT2D eigenvalue weighted by Crippen LogP contribution is 2.51. The van der Waals surface area contributed by atoms with Crippen LogP contribution in [-0.4, -0.2) is 25.6 Å². The number of nitrogens with one attached hydrogen (secondary N) is 1. The summed E-state index contributed by atoms with van der Waals surface area (Å²) in [7, 11) is 1.61. The maximum absolute atomic E-state index is 12.8. The Hall–Kier alpha value is -2.82. The van der Waals surface area contributed by atoms with E-state index in [1.165, 1.54) is 0 Å². The van der Waals surface area contributed by atoms with Crippen LogP contribution in [0.1, 0.15) is 35.7 Å². The first kappa shape index (κ1) is 17.0. The maximum atomic E-state index is 12.8. The number of esters is 1. The molecule has 0 bridgehead atoms. The molecule has 0 unspecified atom stereocenters. The summed E-state index contributed by atoms with van der Waals surface area (Å²) in [6.45, 7) is 2.10. The number of methoxy groups -OCH3 is 1. The lowest BCUT2D eigenvalue weighted by Crippen LogP contribution is -2.28. The number of ether oxygens (including phenoxy) is 2. The largest absolute Gasteiger partial charge is 0.496 e. The number of anilines is 1. The van der Waals surface area contributed by atoms with Crippen LogP contribution in [0.25, 0.3) is 0 Å². The molecule has 1 aliphatic rings. The Kier molecular flexibility index (Phi) is 4.74. The Labute approximate surface area is 147 Å². The quantitative estimate of drug-likeness (QED) is 0.818. The molecular formula is C20H21NO4. The van der Waals surface area contributed by atoms with Crippen molar-refractivity contribution >= 4 is 17.6 Å². The lowest BCUT2D eigenvalue weighted by Gasteiger charge is -2.18. The third-order valence-electron chi connectivity index (χ3n) is 4.46. The highest BCUT2D eigenvalue weighted by atomic mass is 16.5. The fraction of sp³-hybridized carbons (Fsp3) is 0.300. The van der Waals surface area contributed by atoms with Crippen LogP contribution in [0.15, 0.2) is 48.5 Å². The van der Waals surface area contributed by atoms with Gasteiger partial charge in [0, 0.05) is 11.3 Å². The van der Waals surface area contributed by atoms with Crippen LogP contribution in [0.5, 0.6) is 5.75 Å². The second-order valence-corrected chi connectivity index (χ2v) is 6.03. The van der Waals surface area contributed by atoms with Gasteiger partial charge < -0.3 is 14.8 Å². The molecule has 1 saturated carbocycles. The van der Waals surface area contributed by atoms with Crippen molar-refractivity contribution in [2.24, 2.45) is 0 Å². The summed E-state index contributed by atoms with van der Waals surface area (Å²) < 4.78 is 10.4. The molecule has 1 amide bonds. The second-order valence-electron chi connectivity index (χ2n) is 6.03. The molecule has 0 saturated heterocycles. The van der Waals surface area contributed by atoms with E-state index in [1.807, 2.05) is 24.3 Å². The fourth-order valence-electron chi connectivity index (χ4n) is 2.94. The van der Waals surface area contributed by atoms with Crippen LogP contribution < -0.4 is 10.1 Å². The molecule has 0 radical (unpaired) electrons. The van der Waals surface area contributed by atoms with Crippen molar-refractivity contribution in [2.45, 2.75) is 25.2 Å². The van der Waals surface area contributed by atoms with E-state index in [4.69, 9.17) is 9.47 Å². The molecule has 0 atom stereocenters. The van der Waals surface area contributed by atoms with Crippen LogP contribution in [0.3, 0.4) is 0 Å². The summed E-state index contributed by atoms with van der Waals surface area (Å²) in [6.07, 6.45) is 1.58. The van der Waals surface area contributed by atoms with Gasteiger partial charge in [-0.1, -0.05) is 18.2 Å². The molecule has 0 heterocycles. The molecule has 2 aromatic carbocycles. The van der Waals surface area contributed by atoms with Gasteiger partial charge in [0.25, 0.3) is 0 Å². The van der Waals surface area contributed by atoms with Crippen molar-refractivity contribution < 1.29 is 19.1 Å². The zero-order valence-corrected chi connectivity index (χ0v) is 14.4. The number of hydrogen-bond donors (Lipinski definition) is 1. The number of rotatable bonds is 6. The minimum absolute atomic E-state index is 0.0547. The molecule has 3 rings (SSSR count). The van der Waals surface area contributed by atoms with E-state index in [-0.39, 0.29) is 11.9 Å². The predicted octanol–water partition coefficient (Wildman–Crippen LogP) is 3.54. The van der Waals surface area contributed by atoms with Crippen molar-refractivity contribution in [1.82, 2.24) is 0 Å². The third-order valence-corrected chi connectivity index (χ3v) is 4.46. The molecule has 1 fully saturated rings. The van der Waals surface area contributed by atoms with Gasteiger partial charge >= 0.3 is 5.97 Å². The molecule has 130 valence electrons. The first-order valence-corrected chi connectivity index (χ1v) is 8.33. The van der Waals surface area contributed by atoms with Crippen molar-refractivity contribution in [3.8, 4) is 5.75 Å². The van der Waals surface area contributed by atoms with Gasteiger partial charge in [0.2, 0.25) is 5.91 Å². The molecule has 1 aliphatic carbocycles. The van der Waals surface area contributed by atoms with Crippen molar-refractivity contribution in [2.75, 3.05) is 19.0 Å². The monoisotopic (exact) mass is 339 g/mol. The zero-order chi connectivity index (χ0) is 17.9. The van der Waals surface area contributed by atoms with E-state index in [0.29, 0.717) is 17.9 Å². The first-order chi connectivity index (χ1) is 12.1. The van der Waals surface area contributed by atoms with Crippen LogP contribution >= 0.6 is 0 Å². The average molecular weight is 339 g/mol. The Morgan fingerprint density at radius 2 is 1.76 bits per heavy atom. The number of para-hydroxylation sites is 1. The first-order valence-electron chi connectivity index (χ1n) is 8.33. The Balaban J connectivity index is 1.75. The molecule has 0 aromatic heterocycles. The van der Waals surface area contributed by atoms with Crippen molar-refractivity contribution in [1.29, 1.82) is 0 Å². The van der Waals surface area contributed by atoms with Crippen LogP contribution in [0.4, 0.5) is 5.69 Å². The second kappa shape index (κ2) is 6.97. The van der Waals surface area contributed by atoms with Crippen LogP contribution in [0.2, 0.25) is 0 Å². The van der Waals surface area contributed by atoms with E-state index in [9.17, 15) is 9.59 Å². The predicted molar refractivity (Wildman–Crippen MR) is 94.9 cm³/mol. The summed E-state index contributed by atoms with van der Waals surface area (Å²) in [5, 5.41) is 2.95. The van der Waals surface area contributed by atoms with Gasteiger partial charge in [-0.05, 0) is 50.1 Å². The lowest BCUT2D eigenvalue weighted by atomic mass is 9.94. The van der Waals surface area contributed by atoms with Gasteiger partial charge in [0.15, 0.2) is 0 Å². The average Bonchev–Trinajstić information content (AvgIpc) is 3.44. The smallest absolute Gasteiger partial charge is 0.338 e. The normalized spacial score (nSPS) is 14.5. The van der Waals surface area contributed by atoms with Gasteiger partial charge in [0.1, 0.15) is 5.75 Å². The molecule has 5 heteroatoms. The van der Waals surface area contributed by atoms with E-state index in [1.54, 1.807) is 38.3 Å². The number of carbonyl (C=O) groups excluding carboxylic acids is 2. The summed E-state index contributed by atoms with van der Waals surface area (Å²) in [4.78, 5) is 24.5. The SMILES string of the molecule is CCOC(=O)c1ccc(NC(=O)C2(c3ccccc3OC)CC2)cc1. The van der Waals surface area contributed by atoms with Gasteiger partial charge in [-0.15, -0.1) is 0 Å². The van der Waals surface area contributed by atoms with E-state index >= 15 is 0 Å². The molecule has 25 heavy (non-hydrogen) atoms. The Morgan fingerprint density at radius 3 is 2.36 bits per heavy atom. The van der Waals surface area contributed by atoms with E-state index in [0.717, 1.165) is 24.2 Å². The molecule has 0 aliphatic heterocycles. The molecule has 2 aromatic rings. The van der Waals surface area contributed by atoms with Crippen LogP contribution in [-0.2, 0) is 14.9 Å². The van der Waals surface area contributed by atoms with E-state index in [2.05, 4.69) is 5.32 Å². The van der Waals surface area contributed by atoms with Gasteiger partial charge in [-0.3, -0.25) is 4.79 Å². The summed E-state index contributed by atoms with van der Waals surface area (Å²) in [5.74, 6) is 0.307. The van der Waals surface area contributed by atoms with Gasteiger partial charge in [-0.2, -0.15) is 0 Å². The lowest BCUT2D eigenvalue weighted by molar-refractivity contribution is -0.118. The minimum atomic E-state index is -0.535. The topological polar surface area (TPSA) is 64.6 Å². The zero-order valence-electron chi connectivity index (χ0n) is 14.4. The number of benzene rings is 2. The third kappa shape index (κ3) is 3.36. The highest BCUT2D eigenvalue weighted by Gasteiger charge is 2.52. The standard InChI is InChI=1S/C20H21NO4/c1-3-25-18(22)14-8-10-15(11-9-14)21-19(23)20(12-13-20)16-6-4-5-7-17(16)24-2/h4-11H,3,12-13H2,1-2H3,(H,21,23). The molecule has 1 N–H and O–H groups in total. The Morgan fingerprint density at radius 1 is 1.08 bits per heavy atom. The summed E-state index contributed by atoms with van der Waals surface area (Å²) in [6, 6.07) is 14.3. The number of hydrogen-bond acceptors (Lipinski definition) is 4. The Bertz CT molecular complexity index is 779. The minimum Gasteiger partial charge on any atom is -0.496 e. The molecule has 5 nitrogen and oxygen atoms in total. The van der Waals surface area contributed by atoms with E-state index < -0.39 is 5.41 Å². The van der Waals surface area contributed by atoms with Crippen molar-refractivity contribution in [3.63, 3.8) is 0 Å². The fourth-order valence-corrected chi connectivity index (χ4v) is 2.94. The van der Waals surface area contributed by atoms with Crippen molar-refractivity contribution in [3.05, 3.63) is 59.7 Å².